The summed E-state index contributed by atoms with van der Waals surface area (Å²) >= 11 is 0. The first kappa shape index (κ1) is 22.5. The van der Waals surface area contributed by atoms with Crippen LogP contribution in [0.4, 0.5) is 9.59 Å². The lowest BCUT2D eigenvalue weighted by Crippen LogP contribution is -2.40. The van der Waals surface area contributed by atoms with Crippen molar-refractivity contribution in [3.8, 4) is 0 Å². The SMILES string of the molecule is CC(C)(C)OC(=O)ON(CCCC[C@@H]1C(=O)[C@H]2CC[C@@H]1C2)C(=O)OC(C)(C)C. The molecule has 2 rings (SSSR count). The van der Waals surface area contributed by atoms with E-state index in [0.29, 0.717) is 18.1 Å². The fourth-order valence-corrected chi connectivity index (χ4v) is 4.02. The van der Waals surface area contributed by atoms with Gasteiger partial charge >= 0.3 is 12.2 Å². The highest BCUT2D eigenvalue weighted by Crippen LogP contribution is 2.47. The number of unbranched alkanes of at least 4 members (excludes halogenated alkanes) is 1. The number of rotatable bonds is 5. The molecule has 0 aliphatic heterocycles. The van der Waals surface area contributed by atoms with Crippen molar-refractivity contribution in [3.05, 3.63) is 0 Å². The summed E-state index contributed by atoms with van der Waals surface area (Å²) in [5, 5.41) is 0.919. The van der Waals surface area contributed by atoms with Crippen LogP contribution in [-0.4, -0.2) is 40.8 Å². The molecule has 7 nitrogen and oxygen atoms in total. The summed E-state index contributed by atoms with van der Waals surface area (Å²) in [4.78, 5) is 41.7. The first-order valence-corrected chi connectivity index (χ1v) is 10.3. The van der Waals surface area contributed by atoms with Crippen molar-refractivity contribution in [1.82, 2.24) is 5.06 Å². The summed E-state index contributed by atoms with van der Waals surface area (Å²) in [5.74, 6) is 1.41. The molecule has 0 radical (unpaired) electrons. The maximum Gasteiger partial charge on any atom is 0.534 e. The third-order valence-corrected chi connectivity index (χ3v) is 5.11. The van der Waals surface area contributed by atoms with Gasteiger partial charge in [-0.3, -0.25) is 4.79 Å². The Morgan fingerprint density at radius 1 is 1.00 bits per heavy atom. The first-order valence-electron chi connectivity index (χ1n) is 10.3. The topological polar surface area (TPSA) is 82.1 Å². The average Bonchev–Trinajstić information content (AvgIpc) is 3.09. The molecular weight excluding hydrogens is 362 g/mol. The van der Waals surface area contributed by atoms with E-state index in [0.717, 1.165) is 37.2 Å². The van der Waals surface area contributed by atoms with Gasteiger partial charge in [-0.25, -0.2) is 9.59 Å². The summed E-state index contributed by atoms with van der Waals surface area (Å²) in [6.07, 6.45) is 3.82. The minimum absolute atomic E-state index is 0.167. The maximum atomic E-state index is 12.4. The zero-order chi connectivity index (χ0) is 21.1. The minimum Gasteiger partial charge on any atom is -0.442 e. The number of ketones is 1. The van der Waals surface area contributed by atoms with E-state index in [1.807, 2.05) is 0 Å². The van der Waals surface area contributed by atoms with Crippen molar-refractivity contribution in [2.24, 2.45) is 17.8 Å². The van der Waals surface area contributed by atoms with Crippen LogP contribution in [0, 0.1) is 17.8 Å². The van der Waals surface area contributed by atoms with Gasteiger partial charge in [0.25, 0.3) is 0 Å². The van der Waals surface area contributed by atoms with Gasteiger partial charge in [-0.05, 0) is 79.6 Å². The Morgan fingerprint density at radius 3 is 2.18 bits per heavy atom. The molecule has 2 saturated carbocycles. The zero-order valence-corrected chi connectivity index (χ0v) is 18.1. The Bertz CT molecular complexity index is 589. The highest BCUT2D eigenvalue weighted by Gasteiger charge is 2.45. The molecule has 0 N–H and O–H groups in total. The maximum absolute atomic E-state index is 12.4. The van der Waals surface area contributed by atoms with Crippen LogP contribution >= 0.6 is 0 Å². The minimum atomic E-state index is -0.943. The Kier molecular flexibility index (Phi) is 6.99. The number of nitrogens with zero attached hydrogens (tertiary/aromatic N) is 1. The van der Waals surface area contributed by atoms with E-state index in [1.165, 1.54) is 0 Å². The van der Waals surface area contributed by atoms with Crippen LogP contribution in [0.5, 0.6) is 0 Å². The number of hydroxylamine groups is 2. The summed E-state index contributed by atoms with van der Waals surface area (Å²) in [7, 11) is 0. The highest BCUT2D eigenvalue weighted by molar-refractivity contribution is 5.86. The molecule has 160 valence electrons. The molecular formula is C21H35NO6. The second-order valence-electron chi connectivity index (χ2n) is 9.91. The quantitative estimate of drug-likeness (QED) is 0.374. The van der Waals surface area contributed by atoms with Crippen LogP contribution in [0.1, 0.15) is 80.1 Å². The van der Waals surface area contributed by atoms with E-state index in [2.05, 4.69) is 0 Å². The van der Waals surface area contributed by atoms with Crippen LogP contribution in [0.2, 0.25) is 0 Å². The molecule has 0 saturated heterocycles. The summed E-state index contributed by atoms with van der Waals surface area (Å²) in [6.45, 7) is 10.6. The number of carbonyl (C=O) groups is 3. The number of hydrogen-bond acceptors (Lipinski definition) is 6. The Morgan fingerprint density at radius 2 is 1.64 bits per heavy atom. The number of carbonyl (C=O) groups excluding carboxylic acids is 3. The van der Waals surface area contributed by atoms with Gasteiger partial charge < -0.3 is 14.3 Å². The Hall–Kier alpha value is -1.79. The lowest BCUT2D eigenvalue weighted by Gasteiger charge is -2.27. The first-order chi connectivity index (χ1) is 12.9. The molecule has 0 heterocycles. The van der Waals surface area contributed by atoms with Crippen LogP contribution < -0.4 is 0 Å². The molecule has 2 bridgehead atoms. The molecule has 1 amide bonds. The fraction of sp³-hybridized carbons (Fsp3) is 0.857. The smallest absolute Gasteiger partial charge is 0.442 e. The van der Waals surface area contributed by atoms with Gasteiger partial charge in [0.2, 0.25) is 0 Å². The van der Waals surface area contributed by atoms with Gasteiger partial charge in [-0.2, -0.15) is 0 Å². The highest BCUT2D eigenvalue weighted by atomic mass is 16.8. The van der Waals surface area contributed by atoms with Crippen LogP contribution in [0.3, 0.4) is 0 Å². The van der Waals surface area contributed by atoms with Crippen molar-refractivity contribution in [2.75, 3.05) is 6.54 Å². The number of hydrogen-bond donors (Lipinski definition) is 0. The molecule has 0 aromatic rings. The van der Waals surface area contributed by atoms with Gasteiger partial charge in [0, 0.05) is 11.8 Å². The molecule has 2 fully saturated rings. The van der Waals surface area contributed by atoms with Gasteiger partial charge in [-0.1, -0.05) is 6.42 Å². The number of Topliss-reactive ketones (excluding diaryl/α,β-unsaturated/α-hetero) is 1. The van der Waals surface area contributed by atoms with Gasteiger partial charge in [0.1, 0.15) is 17.0 Å². The summed E-state index contributed by atoms with van der Waals surface area (Å²) < 4.78 is 10.4. The van der Waals surface area contributed by atoms with E-state index in [4.69, 9.17) is 14.3 Å². The van der Waals surface area contributed by atoms with Gasteiger partial charge in [0.15, 0.2) is 0 Å². The predicted molar refractivity (Wildman–Crippen MR) is 103 cm³/mol. The molecule has 2 aliphatic carbocycles. The normalized spacial score (nSPS) is 24.2. The van der Waals surface area contributed by atoms with Gasteiger partial charge in [-0.15, -0.1) is 5.06 Å². The van der Waals surface area contributed by atoms with E-state index >= 15 is 0 Å². The van der Waals surface area contributed by atoms with Crippen molar-refractivity contribution in [3.63, 3.8) is 0 Å². The molecule has 0 unspecified atom stereocenters. The standard InChI is InChI=1S/C21H35NO6/c1-20(2,3)26-18(24)22(28-19(25)27-21(4,5)6)12-8-7-9-16-14-10-11-15(13-14)17(16)23/h14-16H,7-13H2,1-6H3/t14-,15+,16+/m1/s1. The van der Waals surface area contributed by atoms with Gasteiger partial charge in [0.05, 0.1) is 6.54 Å². The monoisotopic (exact) mass is 397 g/mol. The third kappa shape index (κ3) is 6.67. The number of fused-ring (bicyclic) bond motifs is 2. The molecule has 0 spiro atoms. The second-order valence-corrected chi connectivity index (χ2v) is 9.91. The zero-order valence-electron chi connectivity index (χ0n) is 18.1. The lowest BCUT2D eigenvalue weighted by molar-refractivity contribution is -0.136. The molecule has 3 atom stereocenters. The van der Waals surface area contributed by atoms with Crippen LogP contribution in [0.25, 0.3) is 0 Å². The third-order valence-electron chi connectivity index (χ3n) is 5.11. The Labute approximate surface area is 168 Å². The van der Waals surface area contributed by atoms with Crippen LogP contribution in [0.15, 0.2) is 0 Å². The molecule has 2 aliphatic rings. The summed E-state index contributed by atoms with van der Waals surface area (Å²) in [5.41, 5.74) is -1.43. The average molecular weight is 398 g/mol. The van der Waals surface area contributed by atoms with Crippen molar-refractivity contribution >= 4 is 18.0 Å². The Balaban J connectivity index is 1.85. The predicted octanol–water partition coefficient (Wildman–Crippen LogP) is 4.88. The van der Waals surface area contributed by atoms with Crippen molar-refractivity contribution in [2.45, 2.75) is 91.3 Å². The van der Waals surface area contributed by atoms with Crippen LogP contribution in [-0.2, 0) is 19.1 Å². The molecule has 0 aromatic heterocycles. The van der Waals surface area contributed by atoms with Crippen molar-refractivity contribution in [1.29, 1.82) is 0 Å². The molecule has 7 heteroatoms. The van der Waals surface area contributed by atoms with E-state index in [-0.39, 0.29) is 18.4 Å². The second kappa shape index (κ2) is 8.70. The van der Waals surface area contributed by atoms with E-state index < -0.39 is 23.5 Å². The number of amides is 1. The largest absolute Gasteiger partial charge is 0.534 e. The van der Waals surface area contributed by atoms with E-state index in [1.54, 1.807) is 41.5 Å². The molecule has 0 aromatic carbocycles. The number of ether oxygens (including phenoxy) is 2. The summed E-state index contributed by atoms with van der Waals surface area (Å²) in [6, 6.07) is 0. The fourth-order valence-electron chi connectivity index (χ4n) is 4.02. The molecule has 28 heavy (non-hydrogen) atoms. The van der Waals surface area contributed by atoms with E-state index in [9.17, 15) is 14.4 Å². The van der Waals surface area contributed by atoms with Crippen molar-refractivity contribution < 1.29 is 28.7 Å². The lowest BCUT2D eigenvalue weighted by atomic mass is 9.84.